The van der Waals surface area contributed by atoms with E-state index in [1.54, 1.807) is 0 Å². The lowest BCUT2D eigenvalue weighted by Gasteiger charge is -2.44. The molecule has 2 aromatic rings. The normalized spacial score (nSPS) is 16.3. The van der Waals surface area contributed by atoms with Crippen molar-refractivity contribution in [3.05, 3.63) is 79.9 Å². The molecule has 206 valence electrons. The first-order chi connectivity index (χ1) is 18.4. The fourth-order valence-electron chi connectivity index (χ4n) is 3.98. The number of nitrogens with one attached hydrogen (secondary N) is 1. The molecule has 14 nitrogen and oxygen atoms in total. The van der Waals surface area contributed by atoms with Gasteiger partial charge in [-0.15, -0.1) is 0 Å². The summed E-state index contributed by atoms with van der Waals surface area (Å²) in [5.74, 6) is -2.63. The summed E-state index contributed by atoms with van der Waals surface area (Å²) in [7, 11) is 0. The van der Waals surface area contributed by atoms with Crippen LogP contribution >= 0.6 is 0 Å². The number of nitro benzene ring substituents is 2. The molecule has 1 aliphatic heterocycles. The summed E-state index contributed by atoms with van der Waals surface area (Å²) in [5.41, 5.74) is -0.581. The Morgan fingerprint density at radius 1 is 0.872 bits per heavy atom. The molecule has 0 radical (unpaired) electrons. The first kappa shape index (κ1) is 28.7. The van der Waals surface area contributed by atoms with Gasteiger partial charge in [-0.3, -0.25) is 34.6 Å². The number of nitro groups is 2. The van der Waals surface area contributed by atoms with Crippen molar-refractivity contribution in [2.24, 2.45) is 5.92 Å². The largest absolute Gasteiger partial charge is 0.509 e. The molecule has 1 saturated heterocycles. The number of carbonyl (C=O) groups is 4. The van der Waals surface area contributed by atoms with Crippen LogP contribution in [0.3, 0.4) is 0 Å². The summed E-state index contributed by atoms with van der Waals surface area (Å²) in [5, 5.41) is 24.0. The molecule has 0 unspecified atom stereocenters. The van der Waals surface area contributed by atoms with E-state index in [2.05, 4.69) is 5.32 Å². The van der Waals surface area contributed by atoms with Crippen LogP contribution in [-0.4, -0.2) is 45.3 Å². The fraction of sp³-hybridized carbons (Fsp3) is 0.360. The number of benzene rings is 2. The van der Waals surface area contributed by atoms with Crippen molar-refractivity contribution in [3.8, 4) is 0 Å². The van der Waals surface area contributed by atoms with Crippen LogP contribution in [0.1, 0.15) is 37.8 Å². The van der Waals surface area contributed by atoms with Crippen LogP contribution in [0.25, 0.3) is 0 Å². The number of hydrogen-bond donors (Lipinski definition) is 1. The maximum atomic E-state index is 12.4. The second-order valence-electron chi connectivity index (χ2n) is 9.26. The number of hydrogen-bond acceptors (Lipinski definition) is 11. The second kappa shape index (κ2) is 12.1. The molecular weight excluding hydrogens is 518 g/mol. The lowest BCUT2D eigenvalue weighted by molar-refractivity contribution is -0.385. The van der Waals surface area contributed by atoms with Crippen molar-refractivity contribution in [3.63, 3.8) is 0 Å². The van der Waals surface area contributed by atoms with Crippen LogP contribution in [0.4, 0.5) is 16.2 Å². The first-order valence-electron chi connectivity index (χ1n) is 11.7. The molecule has 2 aromatic carbocycles. The highest BCUT2D eigenvalue weighted by Crippen LogP contribution is 2.33. The Balaban J connectivity index is 1.45. The van der Waals surface area contributed by atoms with Gasteiger partial charge in [-0.25, -0.2) is 4.79 Å². The van der Waals surface area contributed by atoms with E-state index in [9.17, 15) is 39.4 Å². The van der Waals surface area contributed by atoms with Crippen LogP contribution in [0, 0.1) is 26.1 Å². The summed E-state index contributed by atoms with van der Waals surface area (Å²) >= 11 is 0. The monoisotopic (exact) mass is 543 g/mol. The predicted molar refractivity (Wildman–Crippen MR) is 131 cm³/mol. The fourth-order valence-corrected chi connectivity index (χ4v) is 3.98. The molecule has 0 bridgehead atoms. The first-order valence-corrected chi connectivity index (χ1v) is 11.7. The topological polar surface area (TPSA) is 194 Å². The van der Waals surface area contributed by atoms with E-state index in [1.807, 2.05) is 0 Å². The number of β-lactam (4-membered cyclic amide) rings is 1. The zero-order valence-corrected chi connectivity index (χ0v) is 21.0. The number of non-ortho nitro benzene ring substituents is 2. The molecular formula is C25H25N3O11. The van der Waals surface area contributed by atoms with E-state index < -0.39 is 57.6 Å². The summed E-state index contributed by atoms with van der Waals surface area (Å²) < 4.78 is 15.4. The molecule has 1 N–H and O–H groups in total. The number of rotatable bonds is 12. The van der Waals surface area contributed by atoms with Crippen molar-refractivity contribution >= 4 is 35.2 Å². The van der Waals surface area contributed by atoms with Crippen molar-refractivity contribution in [1.29, 1.82) is 0 Å². The van der Waals surface area contributed by atoms with Crippen LogP contribution in [0.15, 0.2) is 48.5 Å². The molecule has 1 amide bonds. The van der Waals surface area contributed by atoms with Gasteiger partial charge < -0.3 is 19.5 Å². The Labute approximate surface area is 221 Å². The Kier molecular flexibility index (Phi) is 8.91. The number of carbonyl (C=O) groups excluding carboxylic acids is 4. The van der Waals surface area contributed by atoms with Crippen molar-refractivity contribution in [2.75, 3.05) is 0 Å². The van der Waals surface area contributed by atoms with Gasteiger partial charge in [-0.2, -0.15) is 0 Å². The lowest BCUT2D eigenvalue weighted by atomic mass is 9.75. The summed E-state index contributed by atoms with van der Waals surface area (Å²) in [6.45, 7) is 2.59. The Morgan fingerprint density at radius 2 is 1.36 bits per heavy atom. The number of Topliss-reactive ketones (excluding diaryl/α,β-unsaturated/α-hetero) is 1. The molecule has 0 aromatic heterocycles. The van der Waals surface area contributed by atoms with E-state index in [4.69, 9.17) is 14.2 Å². The summed E-state index contributed by atoms with van der Waals surface area (Å²) in [6.07, 6.45) is -1.82. The van der Waals surface area contributed by atoms with E-state index in [-0.39, 0.29) is 31.0 Å². The third-order valence-corrected chi connectivity index (χ3v) is 5.95. The molecule has 1 fully saturated rings. The van der Waals surface area contributed by atoms with Gasteiger partial charge >= 0.3 is 12.1 Å². The molecule has 14 heteroatoms. The van der Waals surface area contributed by atoms with Crippen LogP contribution in [-0.2, 0) is 41.8 Å². The summed E-state index contributed by atoms with van der Waals surface area (Å²) in [4.78, 5) is 69.2. The van der Waals surface area contributed by atoms with Gasteiger partial charge in [0, 0.05) is 30.7 Å². The van der Waals surface area contributed by atoms with Gasteiger partial charge in [0.1, 0.15) is 31.0 Å². The van der Waals surface area contributed by atoms with Gasteiger partial charge in [0.2, 0.25) is 5.91 Å². The Bertz CT molecular complexity index is 1270. The standard InChI is InChI=1S/C25H25N3O11/c1-25(2,39-24(32)38-14-16-5-9-18(10-6-16)28(35)36)22-20(26-23(22)31)11-19(29)12-21(30)37-13-15-3-7-17(8-4-15)27(33)34/h3-10,20,22H,11-14H2,1-2H3,(H,26,31)/t20-,22-/m1/s1. The van der Waals surface area contributed by atoms with Gasteiger partial charge in [0.25, 0.3) is 11.4 Å². The molecule has 1 heterocycles. The van der Waals surface area contributed by atoms with E-state index >= 15 is 0 Å². The zero-order valence-electron chi connectivity index (χ0n) is 21.0. The zero-order chi connectivity index (χ0) is 28.7. The average Bonchev–Trinajstić information content (AvgIpc) is 2.85. The van der Waals surface area contributed by atoms with Crippen LogP contribution in [0.2, 0.25) is 0 Å². The van der Waals surface area contributed by atoms with E-state index in [0.29, 0.717) is 11.1 Å². The minimum Gasteiger partial charge on any atom is -0.460 e. The van der Waals surface area contributed by atoms with Crippen molar-refractivity contribution in [2.45, 2.75) is 51.5 Å². The molecule has 1 aliphatic rings. The highest BCUT2D eigenvalue weighted by atomic mass is 16.7. The predicted octanol–water partition coefficient (Wildman–Crippen LogP) is 3.14. The third-order valence-electron chi connectivity index (χ3n) is 5.95. The van der Waals surface area contributed by atoms with Crippen LogP contribution in [0.5, 0.6) is 0 Å². The summed E-state index contributed by atoms with van der Waals surface area (Å²) in [6, 6.07) is 10.1. The number of nitrogens with zero attached hydrogens (tertiary/aromatic N) is 2. The number of esters is 1. The minimum atomic E-state index is -1.35. The molecule has 39 heavy (non-hydrogen) atoms. The maximum Gasteiger partial charge on any atom is 0.509 e. The van der Waals surface area contributed by atoms with E-state index in [0.717, 1.165) is 0 Å². The highest BCUT2D eigenvalue weighted by Gasteiger charge is 2.52. The quantitative estimate of drug-likeness (QED) is 0.136. The average molecular weight is 543 g/mol. The van der Waals surface area contributed by atoms with Gasteiger partial charge in [0.05, 0.1) is 21.8 Å². The Morgan fingerprint density at radius 3 is 1.82 bits per heavy atom. The molecule has 0 aliphatic carbocycles. The molecule has 3 rings (SSSR count). The molecule has 0 spiro atoms. The number of ketones is 1. The third kappa shape index (κ3) is 7.80. The van der Waals surface area contributed by atoms with E-state index in [1.165, 1.54) is 62.4 Å². The number of amides is 1. The minimum absolute atomic E-state index is 0.109. The molecule has 0 saturated carbocycles. The van der Waals surface area contributed by atoms with Gasteiger partial charge in [-0.1, -0.05) is 0 Å². The maximum absolute atomic E-state index is 12.4. The Hall–Kier alpha value is -4.88. The SMILES string of the molecule is CC(C)(OC(=O)OCc1ccc([N+](=O)[O-])cc1)[C@H]1C(=O)N[C@@H]1CC(=O)CC(=O)OCc1ccc([N+](=O)[O-])cc1. The number of ether oxygens (including phenoxy) is 3. The smallest absolute Gasteiger partial charge is 0.460 e. The van der Waals surface area contributed by atoms with Crippen molar-refractivity contribution in [1.82, 2.24) is 5.32 Å². The highest BCUT2D eigenvalue weighted by molar-refractivity contribution is 5.97. The van der Waals surface area contributed by atoms with Crippen LogP contribution < -0.4 is 5.32 Å². The van der Waals surface area contributed by atoms with Gasteiger partial charge in [0.15, 0.2) is 0 Å². The lowest BCUT2D eigenvalue weighted by Crippen LogP contribution is -2.66. The molecule has 2 atom stereocenters. The second-order valence-corrected chi connectivity index (χ2v) is 9.26. The van der Waals surface area contributed by atoms with Gasteiger partial charge in [-0.05, 0) is 49.2 Å². The van der Waals surface area contributed by atoms with Crippen molar-refractivity contribution < 1.29 is 43.2 Å².